The number of nitrogens with zero attached hydrogens (tertiary/aromatic N) is 1. The van der Waals surface area contributed by atoms with Crippen LogP contribution in [0.2, 0.25) is 0 Å². The summed E-state index contributed by atoms with van der Waals surface area (Å²) in [4.78, 5) is 15.9. The van der Waals surface area contributed by atoms with Gasteiger partial charge in [-0.1, -0.05) is 24.3 Å². The van der Waals surface area contributed by atoms with Gasteiger partial charge in [-0.2, -0.15) is 0 Å². The molecule has 0 atom stereocenters. The van der Waals surface area contributed by atoms with Crippen LogP contribution in [-0.2, 0) is 4.79 Å². The summed E-state index contributed by atoms with van der Waals surface area (Å²) in [7, 11) is 0. The van der Waals surface area contributed by atoms with Crippen molar-refractivity contribution in [1.82, 2.24) is 0 Å². The molecule has 142 valence electrons. The first kappa shape index (κ1) is 18.9. The predicted molar refractivity (Wildman–Crippen MR) is 108 cm³/mol. The number of benzene rings is 3. The van der Waals surface area contributed by atoms with Crippen LogP contribution >= 0.6 is 0 Å². The van der Waals surface area contributed by atoms with Crippen molar-refractivity contribution in [3.05, 3.63) is 84.7 Å². The van der Waals surface area contributed by atoms with E-state index in [9.17, 15) is 9.18 Å². The molecular formula is C21H19FN4O2. The van der Waals surface area contributed by atoms with Gasteiger partial charge < -0.3 is 21.1 Å². The second kappa shape index (κ2) is 9.18. The number of nitrogens with one attached hydrogen (secondary N) is 2. The van der Waals surface area contributed by atoms with Crippen LogP contribution < -0.4 is 21.1 Å². The number of hydrogen-bond donors (Lipinski definition) is 3. The molecule has 28 heavy (non-hydrogen) atoms. The lowest BCUT2D eigenvalue weighted by Crippen LogP contribution is -2.25. The molecule has 0 aliphatic rings. The van der Waals surface area contributed by atoms with Gasteiger partial charge in [-0.15, -0.1) is 0 Å². The zero-order valence-electron chi connectivity index (χ0n) is 14.9. The number of carbonyl (C=O) groups is 1. The van der Waals surface area contributed by atoms with E-state index >= 15 is 0 Å². The molecule has 0 bridgehead atoms. The maximum atomic E-state index is 12.9. The molecule has 3 aromatic rings. The van der Waals surface area contributed by atoms with E-state index in [1.165, 1.54) is 24.3 Å². The SMILES string of the molecule is NC(=NCC(=O)Nc1ccc(F)cc1)Nc1cccc(Oc2ccccc2)c1. The van der Waals surface area contributed by atoms with E-state index in [0.717, 1.165) is 5.75 Å². The van der Waals surface area contributed by atoms with Gasteiger partial charge >= 0.3 is 0 Å². The number of amides is 1. The fourth-order valence-corrected chi connectivity index (χ4v) is 2.34. The van der Waals surface area contributed by atoms with Gasteiger partial charge in [-0.05, 0) is 48.5 Å². The third kappa shape index (κ3) is 5.84. The van der Waals surface area contributed by atoms with Gasteiger partial charge in [0.2, 0.25) is 5.91 Å². The Kier molecular flexibility index (Phi) is 6.20. The van der Waals surface area contributed by atoms with E-state index in [4.69, 9.17) is 10.5 Å². The maximum absolute atomic E-state index is 12.9. The highest BCUT2D eigenvalue weighted by atomic mass is 19.1. The molecule has 0 saturated carbocycles. The Hall–Kier alpha value is -3.87. The maximum Gasteiger partial charge on any atom is 0.246 e. The summed E-state index contributed by atoms with van der Waals surface area (Å²) in [6.07, 6.45) is 0. The van der Waals surface area contributed by atoms with E-state index in [2.05, 4.69) is 15.6 Å². The number of hydrogen-bond acceptors (Lipinski definition) is 3. The molecule has 6 nitrogen and oxygen atoms in total. The fraction of sp³-hybridized carbons (Fsp3) is 0.0476. The topological polar surface area (TPSA) is 88.7 Å². The van der Waals surface area contributed by atoms with Crippen LogP contribution in [0.5, 0.6) is 11.5 Å². The number of ether oxygens (including phenoxy) is 1. The van der Waals surface area contributed by atoms with E-state index < -0.39 is 0 Å². The average Bonchev–Trinajstić information content (AvgIpc) is 2.69. The summed E-state index contributed by atoms with van der Waals surface area (Å²) >= 11 is 0. The molecule has 0 saturated heterocycles. The van der Waals surface area contributed by atoms with Crippen molar-refractivity contribution in [3.8, 4) is 11.5 Å². The molecule has 0 aliphatic carbocycles. The van der Waals surface area contributed by atoms with Crippen molar-refractivity contribution < 1.29 is 13.9 Å². The number of carbonyl (C=O) groups excluding carboxylic acids is 1. The summed E-state index contributed by atoms with van der Waals surface area (Å²) in [5, 5.41) is 5.52. The Balaban J connectivity index is 1.54. The smallest absolute Gasteiger partial charge is 0.246 e. The molecule has 1 amide bonds. The Morgan fingerprint density at radius 3 is 2.36 bits per heavy atom. The van der Waals surface area contributed by atoms with Crippen LogP contribution in [0.3, 0.4) is 0 Å². The van der Waals surface area contributed by atoms with E-state index in [1.54, 1.807) is 12.1 Å². The number of anilines is 2. The fourth-order valence-electron chi connectivity index (χ4n) is 2.34. The minimum Gasteiger partial charge on any atom is -0.457 e. The molecule has 0 unspecified atom stereocenters. The van der Waals surface area contributed by atoms with Crippen LogP contribution in [0.25, 0.3) is 0 Å². The molecule has 3 aromatic carbocycles. The van der Waals surface area contributed by atoms with Gasteiger partial charge in [0.1, 0.15) is 23.9 Å². The molecule has 0 fully saturated rings. The Morgan fingerprint density at radius 2 is 1.61 bits per heavy atom. The van der Waals surface area contributed by atoms with Crippen molar-refractivity contribution in [2.75, 3.05) is 17.2 Å². The van der Waals surface area contributed by atoms with Crippen molar-refractivity contribution in [2.24, 2.45) is 10.7 Å². The number of para-hydroxylation sites is 1. The van der Waals surface area contributed by atoms with Gasteiger partial charge in [-0.25, -0.2) is 9.38 Å². The number of halogens is 1. The quantitative estimate of drug-likeness (QED) is 0.447. The molecule has 7 heteroatoms. The summed E-state index contributed by atoms with van der Waals surface area (Å²) in [6, 6.07) is 22.1. The van der Waals surface area contributed by atoms with Crippen molar-refractivity contribution >= 4 is 23.2 Å². The molecule has 0 aromatic heterocycles. The van der Waals surface area contributed by atoms with Crippen LogP contribution in [0.4, 0.5) is 15.8 Å². The Bertz CT molecular complexity index is 960. The van der Waals surface area contributed by atoms with Crippen molar-refractivity contribution in [3.63, 3.8) is 0 Å². The van der Waals surface area contributed by atoms with Crippen LogP contribution in [0, 0.1) is 5.82 Å². The second-order valence-electron chi connectivity index (χ2n) is 5.82. The third-order valence-electron chi connectivity index (χ3n) is 3.61. The minimum absolute atomic E-state index is 0.0890. The summed E-state index contributed by atoms with van der Waals surface area (Å²) in [6.45, 7) is -0.170. The van der Waals surface area contributed by atoms with Gasteiger partial charge in [0.25, 0.3) is 0 Å². The molecule has 0 radical (unpaired) electrons. The molecular weight excluding hydrogens is 359 g/mol. The van der Waals surface area contributed by atoms with Gasteiger partial charge in [0.15, 0.2) is 5.96 Å². The molecule has 3 rings (SSSR count). The van der Waals surface area contributed by atoms with E-state index in [1.807, 2.05) is 42.5 Å². The normalized spacial score (nSPS) is 11.0. The lowest BCUT2D eigenvalue weighted by atomic mass is 10.3. The summed E-state index contributed by atoms with van der Waals surface area (Å²) < 4.78 is 18.6. The highest BCUT2D eigenvalue weighted by Crippen LogP contribution is 2.23. The third-order valence-corrected chi connectivity index (χ3v) is 3.61. The second-order valence-corrected chi connectivity index (χ2v) is 5.82. The van der Waals surface area contributed by atoms with E-state index in [-0.39, 0.29) is 24.2 Å². The van der Waals surface area contributed by atoms with Crippen molar-refractivity contribution in [1.29, 1.82) is 0 Å². The van der Waals surface area contributed by atoms with Crippen LogP contribution in [0.15, 0.2) is 83.9 Å². The molecule has 0 spiro atoms. The van der Waals surface area contributed by atoms with Crippen molar-refractivity contribution in [2.45, 2.75) is 0 Å². The molecule has 0 heterocycles. The van der Waals surface area contributed by atoms with Crippen LogP contribution in [0.1, 0.15) is 0 Å². The van der Waals surface area contributed by atoms with Gasteiger partial charge in [-0.3, -0.25) is 4.79 Å². The first-order chi connectivity index (χ1) is 13.6. The number of rotatable bonds is 6. The number of nitrogens with two attached hydrogens (primary N) is 1. The lowest BCUT2D eigenvalue weighted by molar-refractivity contribution is -0.114. The average molecular weight is 378 g/mol. The number of guanidine groups is 1. The highest BCUT2D eigenvalue weighted by Gasteiger charge is 2.04. The Labute approximate surface area is 161 Å². The molecule has 4 N–H and O–H groups in total. The molecule has 0 aliphatic heterocycles. The summed E-state index contributed by atoms with van der Waals surface area (Å²) in [5.74, 6) is 0.711. The lowest BCUT2D eigenvalue weighted by Gasteiger charge is -2.09. The zero-order valence-corrected chi connectivity index (χ0v) is 14.9. The van der Waals surface area contributed by atoms with Gasteiger partial charge in [0, 0.05) is 17.4 Å². The van der Waals surface area contributed by atoms with E-state index in [0.29, 0.717) is 17.1 Å². The Morgan fingerprint density at radius 1 is 0.893 bits per heavy atom. The van der Waals surface area contributed by atoms with Gasteiger partial charge in [0.05, 0.1) is 0 Å². The first-order valence-corrected chi connectivity index (χ1v) is 8.54. The largest absolute Gasteiger partial charge is 0.457 e. The van der Waals surface area contributed by atoms with Crippen LogP contribution in [-0.4, -0.2) is 18.4 Å². The monoisotopic (exact) mass is 378 g/mol. The minimum atomic E-state index is -0.372. The zero-order chi connectivity index (χ0) is 19.8. The predicted octanol–water partition coefficient (Wildman–Crippen LogP) is 3.98. The summed E-state index contributed by atoms with van der Waals surface area (Å²) in [5.41, 5.74) is 7.00. The standard InChI is InChI=1S/C21H19FN4O2/c22-15-9-11-16(12-10-15)25-20(27)14-24-21(23)26-17-5-4-8-19(13-17)28-18-6-2-1-3-7-18/h1-13H,14H2,(H,25,27)(H3,23,24,26). The number of aliphatic imine (C=N–C) groups is 1. The highest BCUT2D eigenvalue weighted by molar-refractivity contribution is 5.97. The first-order valence-electron chi connectivity index (χ1n) is 8.54.